The van der Waals surface area contributed by atoms with Crippen molar-refractivity contribution in [3.05, 3.63) is 34.7 Å². The first kappa shape index (κ1) is 8.72. The molecule has 0 radical (unpaired) electrons. The van der Waals surface area contributed by atoms with Crippen LogP contribution in [0.5, 0.6) is 0 Å². The van der Waals surface area contributed by atoms with Crippen LogP contribution in [-0.2, 0) is 0 Å². The zero-order chi connectivity index (χ0) is 9.42. The highest BCUT2D eigenvalue weighted by molar-refractivity contribution is 9.10. The molecule has 0 amide bonds. The maximum Gasteiger partial charge on any atom is 0.137 e. The monoisotopic (exact) mass is 239 g/mol. The van der Waals surface area contributed by atoms with Gasteiger partial charge in [-0.1, -0.05) is 0 Å². The Kier molecular flexibility index (Phi) is 2.09. The molecule has 68 valence electrons. The highest BCUT2D eigenvalue weighted by Gasteiger charge is 2.03. The summed E-state index contributed by atoms with van der Waals surface area (Å²) in [6.07, 6.45) is 3.74. The molecule has 2 aromatic rings. The fraction of sp³-hybridized carbons (Fsp3) is 0.222. The van der Waals surface area contributed by atoms with Crippen LogP contribution < -0.4 is 5.73 Å². The topological polar surface area (TPSA) is 43.3 Å². The average molecular weight is 240 g/mol. The summed E-state index contributed by atoms with van der Waals surface area (Å²) in [4.78, 5) is 4.22. The normalized spacial score (nSPS) is 13.5. The first-order chi connectivity index (χ1) is 6.18. The molecule has 0 aliphatic rings. The number of fused-ring (bicyclic) bond motifs is 1. The minimum atomic E-state index is 0.0560. The van der Waals surface area contributed by atoms with Crippen molar-refractivity contribution in [1.82, 2.24) is 9.38 Å². The minimum Gasteiger partial charge on any atom is -0.324 e. The van der Waals surface area contributed by atoms with E-state index in [1.165, 1.54) is 0 Å². The number of nitrogens with zero attached hydrogens (tertiary/aromatic N) is 2. The first-order valence-electron chi connectivity index (χ1n) is 4.06. The Bertz CT molecular complexity index is 433. The molecule has 2 N–H and O–H groups in total. The Labute approximate surface area is 84.7 Å². The SMILES string of the molecule is CC(N)c1ccn2c(Br)cnc2c1. The molecule has 0 aliphatic heterocycles. The first-order valence-corrected chi connectivity index (χ1v) is 4.86. The van der Waals surface area contributed by atoms with Gasteiger partial charge in [-0.15, -0.1) is 0 Å². The maximum absolute atomic E-state index is 5.76. The van der Waals surface area contributed by atoms with Gasteiger partial charge in [0.2, 0.25) is 0 Å². The van der Waals surface area contributed by atoms with E-state index in [1.807, 2.05) is 29.7 Å². The van der Waals surface area contributed by atoms with Gasteiger partial charge in [0, 0.05) is 12.2 Å². The van der Waals surface area contributed by atoms with Gasteiger partial charge in [-0.25, -0.2) is 4.98 Å². The lowest BCUT2D eigenvalue weighted by Crippen LogP contribution is -2.05. The molecule has 1 unspecified atom stereocenters. The molecular weight excluding hydrogens is 230 g/mol. The summed E-state index contributed by atoms with van der Waals surface area (Å²) < 4.78 is 2.92. The summed E-state index contributed by atoms with van der Waals surface area (Å²) in [7, 11) is 0. The lowest BCUT2D eigenvalue weighted by molar-refractivity contribution is 0.815. The van der Waals surface area contributed by atoms with Crippen LogP contribution in [0.3, 0.4) is 0 Å². The highest BCUT2D eigenvalue weighted by Crippen LogP contribution is 2.16. The molecule has 0 aliphatic carbocycles. The van der Waals surface area contributed by atoms with E-state index in [0.29, 0.717) is 0 Å². The summed E-state index contributed by atoms with van der Waals surface area (Å²) in [5.74, 6) is 0. The number of imidazole rings is 1. The Morgan fingerprint density at radius 2 is 2.38 bits per heavy atom. The molecule has 0 saturated heterocycles. The lowest BCUT2D eigenvalue weighted by atomic mass is 10.1. The highest BCUT2D eigenvalue weighted by atomic mass is 79.9. The van der Waals surface area contributed by atoms with Crippen LogP contribution in [0.15, 0.2) is 29.1 Å². The molecular formula is C9H10BrN3. The molecule has 0 fully saturated rings. The van der Waals surface area contributed by atoms with E-state index in [1.54, 1.807) is 6.20 Å². The molecule has 0 saturated carbocycles. The molecule has 4 heteroatoms. The van der Waals surface area contributed by atoms with Gasteiger partial charge in [0.1, 0.15) is 10.3 Å². The number of hydrogen-bond acceptors (Lipinski definition) is 2. The summed E-state index contributed by atoms with van der Waals surface area (Å²) in [6, 6.07) is 4.06. The van der Waals surface area contributed by atoms with Gasteiger partial charge in [0.05, 0.1) is 6.20 Å². The van der Waals surface area contributed by atoms with E-state index < -0.39 is 0 Å². The van der Waals surface area contributed by atoms with Crippen LogP contribution in [0.4, 0.5) is 0 Å². The van der Waals surface area contributed by atoms with E-state index in [2.05, 4.69) is 20.9 Å². The van der Waals surface area contributed by atoms with Gasteiger partial charge < -0.3 is 5.73 Å². The van der Waals surface area contributed by atoms with E-state index in [9.17, 15) is 0 Å². The molecule has 3 nitrogen and oxygen atoms in total. The van der Waals surface area contributed by atoms with Crippen molar-refractivity contribution < 1.29 is 0 Å². The van der Waals surface area contributed by atoms with Crippen molar-refractivity contribution in [3.8, 4) is 0 Å². The molecule has 2 heterocycles. The second-order valence-corrected chi connectivity index (χ2v) is 3.87. The van der Waals surface area contributed by atoms with Crippen LogP contribution >= 0.6 is 15.9 Å². The third-order valence-corrected chi connectivity index (χ3v) is 2.60. The van der Waals surface area contributed by atoms with Crippen molar-refractivity contribution in [2.75, 3.05) is 0 Å². The molecule has 2 rings (SSSR count). The fourth-order valence-corrected chi connectivity index (χ4v) is 1.65. The Balaban J connectivity index is 2.63. The van der Waals surface area contributed by atoms with Gasteiger partial charge >= 0.3 is 0 Å². The van der Waals surface area contributed by atoms with Crippen LogP contribution in [0.2, 0.25) is 0 Å². The number of rotatable bonds is 1. The number of halogens is 1. The smallest absolute Gasteiger partial charge is 0.137 e. The van der Waals surface area contributed by atoms with Crippen molar-refractivity contribution in [1.29, 1.82) is 0 Å². The molecule has 0 bridgehead atoms. The zero-order valence-electron chi connectivity index (χ0n) is 7.24. The van der Waals surface area contributed by atoms with Crippen molar-refractivity contribution in [2.24, 2.45) is 5.73 Å². The minimum absolute atomic E-state index is 0.0560. The van der Waals surface area contributed by atoms with Crippen LogP contribution in [0.25, 0.3) is 5.65 Å². The van der Waals surface area contributed by atoms with E-state index in [-0.39, 0.29) is 6.04 Å². The summed E-state index contributed by atoms with van der Waals surface area (Å²) in [6.45, 7) is 1.96. The molecule has 0 aromatic carbocycles. The second-order valence-electron chi connectivity index (χ2n) is 3.06. The predicted molar refractivity (Wildman–Crippen MR) is 55.5 cm³/mol. The Morgan fingerprint density at radius 3 is 3.08 bits per heavy atom. The maximum atomic E-state index is 5.76. The van der Waals surface area contributed by atoms with E-state index in [4.69, 9.17) is 5.73 Å². The summed E-state index contributed by atoms with van der Waals surface area (Å²) in [5.41, 5.74) is 7.78. The molecule has 1 atom stereocenters. The standard InChI is InChI=1S/C9H10BrN3/c1-6(11)7-2-3-13-8(10)5-12-9(13)4-7/h2-6H,11H2,1H3. The van der Waals surface area contributed by atoms with Crippen molar-refractivity contribution in [3.63, 3.8) is 0 Å². The molecule has 13 heavy (non-hydrogen) atoms. The summed E-state index contributed by atoms with van der Waals surface area (Å²) in [5, 5.41) is 0. The average Bonchev–Trinajstić information content (AvgIpc) is 2.47. The van der Waals surface area contributed by atoms with Gasteiger partial charge in [-0.3, -0.25) is 4.40 Å². The Hall–Kier alpha value is -0.870. The number of pyridine rings is 1. The largest absolute Gasteiger partial charge is 0.324 e. The summed E-state index contributed by atoms with van der Waals surface area (Å²) >= 11 is 3.40. The van der Waals surface area contributed by atoms with E-state index >= 15 is 0 Å². The molecule has 0 spiro atoms. The van der Waals surface area contributed by atoms with Gasteiger partial charge in [-0.05, 0) is 40.5 Å². The van der Waals surface area contributed by atoms with Gasteiger partial charge in [-0.2, -0.15) is 0 Å². The number of aromatic nitrogens is 2. The second kappa shape index (κ2) is 3.12. The number of hydrogen-bond donors (Lipinski definition) is 1. The van der Waals surface area contributed by atoms with Crippen LogP contribution in [-0.4, -0.2) is 9.38 Å². The van der Waals surface area contributed by atoms with Crippen molar-refractivity contribution >= 4 is 21.6 Å². The lowest BCUT2D eigenvalue weighted by Gasteiger charge is -2.05. The van der Waals surface area contributed by atoms with Gasteiger partial charge in [0.15, 0.2) is 0 Å². The number of nitrogens with two attached hydrogens (primary N) is 1. The van der Waals surface area contributed by atoms with Crippen LogP contribution in [0.1, 0.15) is 18.5 Å². The molecule has 2 aromatic heterocycles. The third kappa shape index (κ3) is 1.47. The Morgan fingerprint density at radius 1 is 1.62 bits per heavy atom. The predicted octanol–water partition coefficient (Wildman–Crippen LogP) is 2.12. The fourth-order valence-electron chi connectivity index (χ4n) is 1.25. The third-order valence-electron chi connectivity index (χ3n) is 2.02. The van der Waals surface area contributed by atoms with E-state index in [0.717, 1.165) is 15.8 Å². The van der Waals surface area contributed by atoms with Crippen LogP contribution in [0, 0.1) is 0 Å². The quantitative estimate of drug-likeness (QED) is 0.829. The zero-order valence-corrected chi connectivity index (χ0v) is 8.82. The van der Waals surface area contributed by atoms with Crippen molar-refractivity contribution in [2.45, 2.75) is 13.0 Å². The van der Waals surface area contributed by atoms with Gasteiger partial charge in [0.25, 0.3) is 0 Å².